The highest BCUT2D eigenvalue weighted by Gasteiger charge is 2.31. The quantitative estimate of drug-likeness (QED) is 0.833. The van der Waals surface area contributed by atoms with Gasteiger partial charge in [0.15, 0.2) is 0 Å². The average Bonchev–Trinajstić information content (AvgIpc) is 2.21. The van der Waals surface area contributed by atoms with Crippen LogP contribution in [0, 0.1) is 6.92 Å². The summed E-state index contributed by atoms with van der Waals surface area (Å²) in [6.07, 6.45) is 0.980. The van der Waals surface area contributed by atoms with Gasteiger partial charge in [-0.25, -0.2) is 0 Å². The Hall–Kier alpha value is -0.840. The van der Waals surface area contributed by atoms with Crippen LogP contribution in [-0.4, -0.2) is 40.1 Å². The molecular weight excluding hydrogens is 251 g/mol. The molecule has 2 rings (SSSR count). The van der Waals surface area contributed by atoms with E-state index in [1.165, 1.54) is 11.1 Å². The van der Waals surface area contributed by atoms with Crippen LogP contribution in [0.5, 0.6) is 0 Å². The standard InChI is InChI=1S/C10H10Cl2N2O2/c1-5-8(11)9(12)7(2-13-5)10(16)14-3-6(15)4-14/h2,6,15H,3-4H2,1H3. The lowest BCUT2D eigenvalue weighted by molar-refractivity contribution is 0.00587. The number of hydrogen-bond acceptors (Lipinski definition) is 3. The molecule has 1 aliphatic heterocycles. The van der Waals surface area contributed by atoms with E-state index in [4.69, 9.17) is 28.3 Å². The van der Waals surface area contributed by atoms with Gasteiger partial charge in [-0.3, -0.25) is 9.78 Å². The molecule has 0 saturated carbocycles. The number of halogens is 2. The molecule has 0 spiro atoms. The van der Waals surface area contributed by atoms with Gasteiger partial charge in [0.05, 0.1) is 27.4 Å². The number of aliphatic hydroxyl groups is 1. The van der Waals surface area contributed by atoms with Crippen molar-refractivity contribution in [3.63, 3.8) is 0 Å². The van der Waals surface area contributed by atoms with Gasteiger partial charge in [0.2, 0.25) is 0 Å². The molecule has 0 bridgehead atoms. The third-order valence-corrected chi connectivity index (χ3v) is 3.47. The van der Waals surface area contributed by atoms with Crippen molar-refractivity contribution in [1.82, 2.24) is 9.88 Å². The summed E-state index contributed by atoms with van der Waals surface area (Å²) in [7, 11) is 0. The molecule has 6 heteroatoms. The molecule has 1 fully saturated rings. The molecule has 4 nitrogen and oxygen atoms in total. The van der Waals surface area contributed by atoms with E-state index >= 15 is 0 Å². The molecule has 0 atom stereocenters. The van der Waals surface area contributed by atoms with Crippen LogP contribution in [-0.2, 0) is 0 Å². The largest absolute Gasteiger partial charge is 0.389 e. The Morgan fingerprint density at radius 1 is 1.50 bits per heavy atom. The number of pyridine rings is 1. The van der Waals surface area contributed by atoms with E-state index in [0.717, 1.165) is 0 Å². The lowest BCUT2D eigenvalue weighted by atomic mass is 10.1. The van der Waals surface area contributed by atoms with E-state index in [1.54, 1.807) is 6.92 Å². The first-order chi connectivity index (χ1) is 7.50. The molecule has 16 heavy (non-hydrogen) atoms. The number of β-amino-alcohol motifs (C(OH)–C–C–N with tert-alkyl or cyclic N) is 1. The lowest BCUT2D eigenvalue weighted by Gasteiger charge is -2.36. The molecular formula is C10H10Cl2N2O2. The molecule has 2 heterocycles. The van der Waals surface area contributed by atoms with Gasteiger partial charge < -0.3 is 10.0 Å². The number of aromatic nitrogens is 1. The number of rotatable bonds is 1. The van der Waals surface area contributed by atoms with Crippen LogP contribution in [0.3, 0.4) is 0 Å². The zero-order chi connectivity index (χ0) is 11.9. The number of amides is 1. The molecule has 1 saturated heterocycles. The number of likely N-dealkylation sites (tertiary alicyclic amines) is 1. The van der Waals surface area contributed by atoms with Gasteiger partial charge in [0, 0.05) is 19.3 Å². The Balaban J connectivity index is 2.27. The third-order valence-electron chi connectivity index (χ3n) is 2.51. The molecule has 0 aliphatic carbocycles. The summed E-state index contributed by atoms with van der Waals surface area (Å²) in [5.41, 5.74) is 0.871. The number of aryl methyl sites for hydroxylation is 1. The molecule has 1 aromatic rings. The zero-order valence-electron chi connectivity index (χ0n) is 8.57. The highest BCUT2D eigenvalue weighted by Crippen LogP contribution is 2.29. The Labute approximate surface area is 103 Å². The fraction of sp³-hybridized carbons (Fsp3) is 0.400. The van der Waals surface area contributed by atoms with Crippen LogP contribution in [0.15, 0.2) is 6.20 Å². The number of nitrogens with zero attached hydrogens (tertiary/aromatic N) is 2. The zero-order valence-corrected chi connectivity index (χ0v) is 10.1. The SMILES string of the molecule is Cc1ncc(C(=O)N2CC(O)C2)c(Cl)c1Cl. The Kier molecular flexibility index (Phi) is 3.06. The highest BCUT2D eigenvalue weighted by molar-refractivity contribution is 6.44. The number of carbonyl (C=O) groups is 1. The van der Waals surface area contributed by atoms with Gasteiger partial charge in [0.25, 0.3) is 5.91 Å². The summed E-state index contributed by atoms with van der Waals surface area (Å²) in [4.78, 5) is 17.4. The Morgan fingerprint density at radius 2 is 2.12 bits per heavy atom. The van der Waals surface area contributed by atoms with E-state index in [0.29, 0.717) is 23.8 Å². The number of carbonyl (C=O) groups excluding carboxylic acids is 1. The Bertz CT molecular complexity index is 445. The first-order valence-corrected chi connectivity index (χ1v) is 5.54. The molecule has 0 radical (unpaired) electrons. The minimum Gasteiger partial charge on any atom is -0.389 e. The molecule has 1 aliphatic rings. The summed E-state index contributed by atoms with van der Waals surface area (Å²) in [6, 6.07) is 0. The number of aliphatic hydroxyl groups excluding tert-OH is 1. The van der Waals surface area contributed by atoms with E-state index in [-0.39, 0.29) is 16.5 Å². The van der Waals surface area contributed by atoms with E-state index < -0.39 is 6.10 Å². The minimum atomic E-state index is -0.434. The molecule has 0 unspecified atom stereocenters. The van der Waals surface area contributed by atoms with Crippen molar-refractivity contribution in [2.45, 2.75) is 13.0 Å². The average molecular weight is 261 g/mol. The summed E-state index contributed by atoms with van der Waals surface area (Å²) in [6.45, 7) is 2.39. The maximum Gasteiger partial charge on any atom is 0.257 e. The van der Waals surface area contributed by atoms with Gasteiger partial charge in [-0.2, -0.15) is 0 Å². The normalized spacial score (nSPS) is 16.1. The fourth-order valence-corrected chi connectivity index (χ4v) is 1.91. The van der Waals surface area contributed by atoms with Crippen molar-refractivity contribution in [2.24, 2.45) is 0 Å². The van der Waals surface area contributed by atoms with Crippen molar-refractivity contribution in [3.05, 3.63) is 27.5 Å². The van der Waals surface area contributed by atoms with Gasteiger partial charge in [-0.05, 0) is 6.92 Å². The molecule has 1 amide bonds. The monoisotopic (exact) mass is 260 g/mol. The lowest BCUT2D eigenvalue weighted by Crippen LogP contribution is -2.53. The second-order valence-corrected chi connectivity index (χ2v) is 4.51. The van der Waals surface area contributed by atoms with Gasteiger partial charge in [-0.15, -0.1) is 0 Å². The van der Waals surface area contributed by atoms with Gasteiger partial charge in [0.1, 0.15) is 0 Å². The van der Waals surface area contributed by atoms with Crippen LogP contribution >= 0.6 is 23.2 Å². The maximum atomic E-state index is 11.9. The molecule has 0 aromatic carbocycles. The maximum absolute atomic E-state index is 11.9. The van der Waals surface area contributed by atoms with Crippen molar-refractivity contribution in [1.29, 1.82) is 0 Å². The predicted octanol–water partition coefficient (Wildman–Crippen LogP) is 1.51. The van der Waals surface area contributed by atoms with E-state index in [9.17, 15) is 4.79 Å². The molecule has 1 aromatic heterocycles. The third kappa shape index (κ3) is 1.88. The smallest absolute Gasteiger partial charge is 0.257 e. The minimum absolute atomic E-state index is 0.223. The first kappa shape index (κ1) is 11.6. The van der Waals surface area contributed by atoms with Crippen LogP contribution in [0.2, 0.25) is 10.0 Å². The highest BCUT2D eigenvalue weighted by atomic mass is 35.5. The second kappa shape index (κ2) is 4.20. The van der Waals surface area contributed by atoms with Crippen molar-refractivity contribution < 1.29 is 9.90 Å². The summed E-state index contributed by atoms with van der Waals surface area (Å²) >= 11 is 11.9. The first-order valence-electron chi connectivity index (χ1n) is 4.78. The molecule has 86 valence electrons. The van der Waals surface area contributed by atoms with Crippen LogP contribution in [0.4, 0.5) is 0 Å². The topological polar surface area (TPSA) is 53.4 Å². The van der Waals surface area contributed by atoms with Gasteiger partial charge in [-0.1, -0.05) is 23.2 Å². The van der Waals surface area contributed by atoms with Crippen molar-refractivity contribution >= 4 is 29.1 Å². The summed E-state index contributed by atoms with van der Waals surface area (Å²) in [5, 5.41) is 9.64. The fourth-order valence-electron chi connectivity index (χ4n) is 1.49. The summed E-state index contributed by atoms with van der Waals surface area (Å²) in [5.74, 6) is -0.246. The second-order valence-electron chi connectivity index (χ2n) is 3.75. The van der Waals surface area contributed by atoms with E-state index in [2.05, 4.69) is 4.98 Å². The van der Waals surface area contributed by atoms with Gasteiger partial charge >= 0.3 is 0 Å². The van der Waals surface area contributed by atoms with E-state index in [1.807, 2.05) is 0 Å². The van der Waals surface area contributed by atoms with Crippen LogP contribution in [0.1, 0.15) is 16.1 Å². The Morgan fingerprint density at radius 3 is 2.69 bits per heavy atom. The van der Waals surface area contributed by atoms with Crippen molar-refractivity contribution in [2.75, 3.05) is 13.1 Å². The summed E-state index contributed by atoms with van der Waals surface area (Å²) < 4.78 is 0. The van der Waals surface area contributed by atoms with Crippen LogP contribution < -0.4 is 0 Å². The number of hydrogen-bond donors (Lipinski definition) is 1. The van der Waals surface area contributed by atoms with Crippen LogP contribution in [0.25, 0.3) is 0 Å². The van der Waals surface area contributed by atoms with Crippen molar-refractivity contribution in [3.8, 4) is 0 Å². The molecule has 1 N–H and O–H groups in total. The predicted molar refractivity (Wildman–Crippen MR) is 60.9 cm³/mol.